The summed E-state index contributed by atoms with van der Waals surface area (Å²) in [7, 11) is 1.53. The second-order valence-corrected chi connectivity index (χ2v) is 5.41. The largest absolute Gasteiger partial charge is 0.504 e. The summed E-state index contributed by atoms with van der Waals surface area (Å²) in [6.07, 6.45) is 0. The molecule has 0 unspecified atom stereocenters. The molecule has 3 rings (SSSR count). The molecule has 0 aliphatic carbocycles. The number of benzene rings is 2. The Balaban J connectivity index is 2.08. The van der Waals surface area contributed by atoms with Crippen molar-refractivity contribution < 1.29 is 9.84 Å². The quantitative estimate of drug-likeness (QED) is 0.653. The molecule has 2 aromatic carbocycles. The monoisotopic (exact) mass is 279 g/mol. The standard InChI is InChI=1S/C13H10ClNO2S/c1-17-11-5-9-13(6-10(11)16)18-12-3-2-7(14)4-8(12)15-9/h2-6,15-16H,1H3. The number of methoxy groups -OCH3 is 1. The molecular formula is C13H10ClNO2S. The van der Waals surface area contributed by atoms with Crippen LogP contribution in [0.5, 0.6) is 11.5 Å². The highest BCUT2D eigenvalue weighted by atomic mass is 35.5. The molecule has 5 heteroatoms. The highest BCUT2D eigenvalue weighted by molar-refractivity contribution is 7.99. The Bertz CT molecular complexity index is 631. The van der Waals surface area contributed by atoms with Crippen molar-refractivity contribution in [1.29, 1.82) is 0 Å². The third-order valence-electron chi connectivity index (χ3n) is 2.71. The smallest absolute Gasteiger partial charge is 0.162 e. The summed E-state index contributed by atoms with van der Waals surface area (Å²) in [6, 6.07) is 9.17. The molecule has 0 bridgehead atoms. The number of phenols is 1. The van der Waals surface area contributed by atoms with E-state index in [2.05, 4.69) is 5.32 Å². The van der Waals surface area contributed by atoms with Crippen LogP contribution in [-0.4, -0.2) is 12.2 Å². The zero-order chi connectivity index (χ0) is 12.7. The second-order valence-electron chi connectivity index (χ2n) is 3.89. The molecule has 0 spiro atoms. The van der Waals surface area contributed by atoms with E-state index < -0.39 is 0 Å². The molecule has 2 aromatic rings. The minimum absolute atomic E-state index is 0.142. The van der Waals surface area contributed by atoms with Gasteiger partial charge in [-0.2, -0.15) is 0 Å². The van der Waals surface area contributed by atoms with E-state index in [1.54, 1.807) is 23.9 Å². The lowest BCUT2D eigenvalue weighted by Crippen LogP contribution is -2.00. The maximum Gasteiger partial charge on any atom is 0.162 e. The summed E-state index contributed by atoms with van der Waals surface area (Å²) in [6.45, 7) is 0. The minimum Gasteiger partial charge on any atom is -0.504 e. The molecule has 3 nitrogen and oxygen atoms in total. The first kappa shape index (κ1) is 11.6. The molecule has 0 amide bonds. The highest BCUT2D eigenvalue weighted by Gasteiger charge is 2.18. The average molecular weight is 280 g/mol. The van der Waals surface area contributed by atoms with E-state index in [4.69, 9.17) is 16.3 Å². The van der Waals surface area contributed by atoms with Gasteiger partial charge >= 0.3 is 0 Å². The first-order chi connectivity index (χ1) is 8.67. The van der Waals surface area contributed by atoms with Crippen molar-refractivity contribution in [2.75, 3.05) is 12.4 Å². The Hall–Kier alpha value is -1.52. The Labute approximate surface area is 114 Å². The van der Waals surface area contributed by atoms with Gasteiger partial charge in [0.1, 0.15) is 0 Å². The van der Waals surface area contributed by atoms with Gasteiger partial charge < -0.3 is 15.2 Å². The minimum atomic E-state index is 0.142. The van der Waals surface area contributed by atoms with Gasteiger partial charge in [0.2, 0.25) is 0 Å². The van der Waals surface area contributed by atoms with Crippen molar-refractivity contribution in [2.45, 2.75) is 9.79 Å². The summed E-state index contributed by atoms with van der Waals surface area (Å²) in [4.78, 5) is 2.04. The Kier molecular flexibility index (Phi) is 2.76. The first-order valence-electron chi connectivity index (χ1n) is 5.33. The van der Waals surface area contributed by atoms with Gasteiger partial charge in [0.15, 0.2) is 11.5 Å². The van der Waals surface area contributed by atoms with Gasteiger partial charge in [-0.1, -0.05) is 23.4 Å². The van der Waals surface area contributed by atoms with E-state index >= 15 is 0 Å². The number of aromatic hydroxyl groups is 1. The normalized spacial score (nSPS) is 12.3. The van der Waals surface area contributed by atoms with Crippen molar-refractivity contribution in [3.8, 4) is 11.5 Å². The predicted octanol–water partition coefficient (Wildman–Crippen LogP) is 4.26. The van der Waals surface area contributed by atoms with Gasteiger partial charge in [-0.3, -0.25) is 0 Å². The molecule has 0 saturated heterocycles. The van der Waals surface area contributed by atoms with Gasteiger partial charge in [-0.15, -0.1) is 0 Å². The summed E-state index contributed by atoms with van der Waals surface area (Å²) >= 11 is 7.56. The summed E-state index contributed by atoms with van der Waals surface area (Å²) in [5.41, 5.74) is 1.87. The van der Waals surface area contributed by atoms with Crippen LogP contribution in [0.2, 0.25) is 5.02 Å². The zero-order valence-corrected chi connectivity index (χ0v) is 11.1. The predicted molar refractivity (Wildman–Crippen MR) is 73.5 cm³/mol. The Morgan fingerprint density at radius 2 is 1.94 bits per heavy atom. The number of phenolic OH excluding ortho intramolecular Hbond substituents is 1. The molecule has 0 radical (unpaired) electrons. The topological polar surface area (TPSA) is 41.5 Å². The lowest BCUT2D eigenvalue weighted by Gasteiger charge is -2.21. The lowest BCUT2D eigenvalue weighted by molar-refractivity contribution is 0.373. The molecule has 0 fully saturated rings. The van der Waals surface area contributed by atoms with E-state index in [1.807, 2.05) is 18.2 Å². The highest BCUT2D eigenvalue weighted by Crippen LogP contribution is 2.48. The Morgan fingerprint density at radius 1 is 1.17 bits per heavy atom. The van der Waals surface area contributed by atoms with E-state index in [-0.39, 0.29) is 5.75 Å². The fraction of sp³-hybridized carbons (Fsp3) is 0.0769. The molecule has 18 heavy (non-hydrogen) atoms. The van der Waals surface area contributed by atoms with Crippen molar-refractivity contribution >= 4 is 34.7 Å². The molecule has 0 atom stereocenters. The van der Waals surface area contributed by atoms with Gasteiger partial charge in [0, 0.05) is 20.9 Å². The van der Waals surface area contributed by atoms with Crippen LogP contribution < -0.4 is 10.1 Å². The van der Waals surface area contributed by atoms with Crippen LogP contribution in [0.25, 0.3) is 0 Å². The summed E-state index contributed by atoms with van der Waals surface area (Å²) in [5.74, 6) is 0.593. The van der Waals surface area contributed by atoms with Crippen LogP contribution in [-0.2, 0) is 0 Å². The zero-order valence-electron chi connectivity index (χ0n) is 9.53. The fourth-order valence-electron chi connectivity index (χ4n) is 1.85. The van der Waals surface area contributed by atoms with E-state index in [0.717, 1.165) is 21.2 Å². The number of nitrogens with one attached hydrogen (secondary N) is 1. The number of anilines is 2. The van der Waals surface area contributed by atoms with Crippen LogP contribution in [0.4, 0.5) is 11.4 Å². The third-order valence-corrected chi connectivity index (χ3v) is 4.08. The van der Waals surface area contributed by atoms with Crippen LogP contribution in [0.3, 0.4) is 0 Å². The molecule has 2 N–H and O–H groups in total. The second kappa shape index (κ2) is 4.30. The summed E-state index contributed by atoms with van der Waals surface area (Å²) in [5, 5.41) is 13.7. The number of hydrogen-bond donors (Lipinski definition) is 2. The fourth-order valence-corrected chi connectivity index (χ4v) is 3.00. The lowest BCUT2D eigenvalue weighted by atomic mass is 10.2. The molecule has 1 aliphatic rings. The molecule has 0 saturated carbocycles. The average Bonchev–Trinajstić information content (AvgIpc) is 2.36. The van der Waals surface area contributed by atoms with Gasteiger partial charge in [-0.05, 0) is 24.3 Å². The van der Waals surface area contributed by atoms with Crippen LogP contribution >= 0.6 is 23.4 Å². The first-order valence-corrected chi connectivity index (χ1v) is 6.52. The maximum absolute atomic E-state index is 9.77. The molecular weight excluding hydrogens is 270 g/mol. The maximum atomic E-state index is 9.77. The van der Waals surface area contributed by atoms with Crippen LogP contribution in [0.1, 0.15) is 0 Å². The van der Waals surface area contributed by atoms with Crippen LogP contribution in [0.15, 0.2) is 40.1 Å². The number of ether oxygens (including phenoxy) is 1. The molecule has 0 aromatic heterocycles. The van der Waals surface area contributed by atoms with Crippen molar-refractivity contribution in [3.05, 3.63) is 35.4 Å². The number of hydrogen-bond acceptors (Lipinski definition) is 4. The van der Waals surface area contributed by atoms with Crippen molar-refractivity contribution in [1.82, 2.24) is 0 Å². The molecule has 92 valence electrons. The van der Waals surface area contributed by atoms with Crippen molar-refractivity contribution in [2.24, 2.45) is 0 Å². The number of halogens is 1. The van der Waals surface area contributed by atoms with Gasteiger partial charge in [0.05, 0.1) is 18.5 Å². The van der Waals surface area contributed by atoms with Gasteiger partial charge in [0.25, 0.3) is 0 Å². The van der Waals surface area contributed by atoms with Crippen molar-refractivity contribution in [3.63, 3.8) is 0 Å². The SMILES string of the molecule is COc1cc2c(cc1O)Sc1ccc(Cl)cc1N2. The van der Waals surface area contributed by atoms with E-state index in [0.29, 0.717) is 10.8 Å². The van der Waals surface area contributed by atoms with E-state index in [9.17, 15) is 5.11 Å². The number of rotatable bonds is 1. The molecule has 1 heterocycles. The third kappa shape index (κ3) is 1.87. The summed E-state index contributed by atoms with van der Waals surface area (Å²) < 4.78 is 5.10. The van der Waals surface area contributed by atoms with E-state index in [1.165, 1.54) is 7.11 Å². The number of fused-ring (bicyclic) bond motifs is 2. The Morgan fingerprint density at radius 3 is 2.72 bits per heavy atom. The molecule has 1 aliphatic heterocycles. The van der Waals surface area contributed by atoms with Gasteiger partial charge in [-0.25, -0.2) is 0 Å². The van der Waals surface area contributed by atoms with Crippen LogP contribution in [0, 0.1) is 0 Å².